The van der Waals surface area contributed by atoms with Crippen LogP contribution in [0.1, 0.15) is 0 Å². The van der Waals surface area contributed by atoms with Crippen molar-refractivity contribution in [1.29, 1.82) is 0 Å². The highest BCUT2D eigenvalue weighted by atomic mass is 79.9. The van der Waals surface area contributed by atoms with Gasteiger partial charge >= 0.3 is 0 Å². The van der Waals surface area contributed by atoms with Gasteiger partial charge in [-0.05, 0) is 34.1 Å². The molecule has 3 aromatic rings. The van der Waals surface area contributed by atoms with Gasteiger partial charge in [-0.2, -0.15) is 0 Å². The second-order valence-corrected chi connectivity index (χ2v) is 4.69. The van der Waals surface area contributed by atoms with Crippen molar-refractivity contribution in [2.75, 3.05) is 5.73 Å². The van der Waals surface area contributed by atoms with E-state index in [1.165, 1.54) is 10.7 Å². The molecule has 2 aromatic heterocycles. The molecule has 0 aliphatic rings. The molecule has 2 heterocycles. The number of hydrogen-bond donors (Lipinski definition) is 1. The molecule has 0 unspecified atom stereocenters. The van der Waals surface area contributed by atoms with Crippen LogP contribution in [0, 0.1) is 5.82 Å². The van der Waals surface area contributed by atoms with E-state index in [1.54, 1.807) is 24.4 Å². The second kappa shape index (κ2) is 4.06. The van der Waals surface area contributed by atoms with E-state index >= 15 is 0 Å². The number of aromatic nitrogens is 3. The number of halogens is 2. The zero-order valence-electron chi connectivity index (χ0n) is 9.14. The number of nitrogens with two attached hydrogens (primary N) is 1. The highest BCUT2D eigenvalue weighted by Crippen LogP contribution is 2.25. The summed E-state index contributed by atoms with van der Waals surface area (Å²) < 4.78 is 16.0. The number of benzene rings is 1. The van der Waals surface area contributed by atoms with Crippen molar-refractivity contribution in [2.24, 2.45) is 0 Å². The SMILES string of the molecule is Nc1nn(-c2ccccc2F)c2ncc(Br)cc12. The average Bonchev–Trinajstić information content (AvgIpc) is 2.67. The van der Waals surface area contributed by atoms with Gasteiger partial charge < -0.3 is 5.73 Å². The van der Waals surface area contributed by atoms with Gasteiger partial charge in [0.1, 0.15) is 11.5 Å². The Bertz CT molecular complexity index is 738. The minimum absolute atomic E-state index is 0.321. The first-order valence-corrected chi connectivity index (χ1v) is 6.01. The van der Waals surface area contributed by atoms with E-state index in [-0.39, 0.29) is 5.82 Å². The number of para-hydroxylation sites is 1. The van der Waals surface area contributed by atoms with E-state index in [1.807, 2.05) is 6.07 Å². The topological polar surface area (TPSA) is 56.7 Å². The van der Waals surface area contributed by atoms with E-state index in [2.05, 4.69) is 26.0 Å². The molecule has 0 spiro atoms. The van der Waals surface area contributed by atoms with Crippen molar-refractivity contribution in [3.05, 3.63) is 46.8 Å². The summed E-state index contributed by atoms with van der Waals surface area (Å²) in [5, 5.41) is 4.82. The second-order valence-electron chi connectivity index (χ2n) is 3.77. The summed E-state index contributed by atoms with van der Waals surface area (Å²) >= 11 is 3.32. The highest BCUT2D eigenvalue weighted by Gasteiger charge is 2.13. The predicted octanol–water partition coefficient (Wildman–Crippen LogP) is 2.90. The molecule has 18 heavy (non-hydrogen) atoms. The molecule has 0 atom stereocenters. The minimum Gasteiger partial charge on any atom is -0.382 e. The van der Waals surface area contributed by atoms with Crippen LogP contribution in [0.3, 0.4) is 0 Å². The average molecular weight is 307 g/mol. The van der Waals surface area contributed by atoms with Gasteiger partial charge in [-0.15, -0.1) is 5.10 Å². The van der Waals surface area contributed by atoms with Gasteiger partial charge in [-0.3, -0.25) is 0 Å². The van der Waals surface area contributed by atoms with Crippen LogP contribution in [-0.4, -0.2) is 14.8 Å². The van der Waals surface area contributed by atoms with Crippen LogP contribution in [0.5, 0.6) is 0 Å². The summed E-state index contributed by atoms with van der Waals surface area (Å²) in [6.07, 6.45) is 1.63. The summed E-state index contributed by atoms with van der Waals surface area (Å²) in [6, 6.07) is 8.17. The lowest BCUT2D eigenvalue weighted by Crippen LogP contribution is -2.01. The summed E-state index contributed by atoms with van der Waals surface area (Å²) in [7, 11) is 0. The Kier molecular flexibility index (Phi) is 2.52. The van der Waals surface area contributed by atoms with Crippen molar-refractivity contribution in [1.82, 2.24) is 14.8 Å². The number of nitrogens with zero attached hydrogens (tertiary/aromatic N) is 3. The number of nitrogen functional groups attached to an aromatic ring is 1. The van der Waals surface area contributed by atoms with Gasteiger partial charge in [0.25, 0.3) is 0 Å². The van der Waals surface area contributed by atoms with Crippen LogP contribution in [0.4, 0.5) is 10.2 Å². The Balaban J connectivity index is 2.34. The quantitative estimate of drug-likeness (QED) is 0.752. The lowest BCUT2D eigenvalue weighted by atomic mass is 10.3. The summed E-state index contributed by atoms with van der Waals surface area (Å²) in [6.45, 7) is 0. The van der Waals surface area contributed by atoms with Crippen LogP contribution in [-0.2, 0) is 0 Å². The molecule has 3 rings (SSSR count). The van der Waals surface area contributed by atoms with Gasteiger partial charge in [-0.25, -0.2) is 14.1 Å². The van der Waals surface area contributed by atoms with Gasteiger partial charge in [0.05, 0.1) is 5.39 Å². The van der Waals surface area contributed by atoms with E-state index in [0.717, 1.165) is 4.47 Å². The molecule has 0 bridgehead atoms. The smallest absolute Gasteiger partial charge is 0.165 e. The molecule has 2 N–H and O–H groups in total. The van der Waals surface area contributed by atoms with E-state index in [0.29, 0.717) is 22.5 Å². The number of anilines is 1. The normalized spacial score (nSPS) is 11.0. The number of fused-ring (bicyclic) bond motifs is 1. The van der Waals surface area contributed by atoms with Gasteiger partial charge in [0, 0.05) is 10.7 Å². The zero-order chi connectivity index (χ0) is 12.7. The zero-order valence-corrected chi connectivity index (χ0v) is 10.7. The monoisotopic (exact) mass is 306 g/mol. The van der Waals surface area contributed by atoms with Gasteiger partial charge in [-0.1, -0.05) is 12.1 Å². The van der Waals surface area contributed by atoms with Crippen LogP contribution >= 0.6 is 15.9 Å². The fourth-order valence-electron chi connectivity index (χ4n) is 1.79. The Labute approximate surface area is 110 Å². The fourth-order valence-corrected chi connectivity index (χ4v) is 2.12. The highest BCUT2D eigenvalue weighted by molar-refractivity contribution is 9.10. The maximum atomic E-state index is 13.8. The van der Waals surface area contributed by atoms with Crippen molar-refractivity contribution in [3.63, 3.8) is 0 Å². The maximum Gasteiger partial charge on any atom is 0.165 e. The van der Waals surface area contributed by atoms with E-state index in [9.17, 15) is 4.39 Å². The molecule has 1 aromatic carbocycles. The summed E-state index contributed by atoms with van der Waals surface area (Å²) in [5.74, 6) is -0.0475. The minimum atomic E-state index is -0.369. The summed E-state index contributed by atoms with van der Waals surface area (Å²) in [5.41, 5.74) is 6.67. The third-order valence-corrected chi connectivity index (χ3v) is 3.03. The van der Waals surface area contributed by atoms with Crippen LogP contribution in [0.2, 0.25) is 0 Å². The van der Waals surface area contributed by atoms with E-state index < -0.39 is 0 Å². The van der Waals surface area contributed by atoms with E-state index in [4.69, 9.17) is 5.73 Å². The molecule has 0 aliphatic carbocycles. The molecule has 4 nitrogen and oxygen atoms in total. The predicted molar refractivity (Wildman–Crippen MR) is 70.9 cm³/mol. The third kappa shape index (κ3) is 1.65. The molecule has 0 fully saturated rings. The Morgan fingerprint density at radius 1 is 1.28 bits per heavy atom. The van der Waals surface area contributed by atoms with Crippen molar-refractivity contribution in [2.45, 2.75) is 0 Å². The van der Waals surface area contributed by atoms with Crippen LogP contribution in [0.25, 0.3) is 16.7 Å². The molecule has 0 saturated carbocycles. The molecule has 0 aliphatic heterocycles. The standard InChI is InChI=1S/C12H8BrFN4/c13-7-5-8-11(15)17-18(12(8)16-6-7)10-4-2-1-3-9(10)14/h1-6H,(H2,15,17). The Morgan fingerprint density at radius 2 is 2.06 bits per heavy atom. The first-order chi connectivity index (χ1) is 8.66. The molecule has 90 valence electrons. The number of pyridine rings is 1. The first kappa shape index (κ1) is 11.2. The first-order valence-electron chi connectivity index (χ1n) is 5.21. The van der Waals surface area contributed by atoms with Gasteiger partial charge in [0.2, 0.25) is 0 Å². The number of hydrogen-bond acceptors (Lipinski definition) is 3. The summed E-state index contributed by atoms with van der Waals surface area (Å²) in [4.78, 5) is 4.23. The molecule has 0 amide bonds. The maximum absolute atomic E-state index is 13.8. The largest absolute Gasteiger partial charge is 0.382 e. The van der Waals surface area contributed by atoms with Crippen molar-refractivity contribution in [3.8, 4) is 5.69 Å². The lowest BCUT2D eigenvalue weighted by molar-refractivity contribution is 0.613. The molecular formula is C12H8BrFN4. The van der Waals surface area contributed by atoms with Crippen LogP contribution in [0.15, 0.2) is 41.0 Å². The number of rotatable bonds is 1. The molecule has 6 heteroatoms. The lowest BCUT2D eigenvalue weighted by Gasteiger charge is -2.03. The molecule has 0 saturated heterocycles. The fraction of sp³-hybridized carbons (Fsp3) is 0. The molecule has 0 radical (unpaired) electrons. The van der Waals surface area contributed by atoms with Crippen molar-refractivity contribution >= 4 is 32.8 Å². The van der Waals surface area contributed by atoms with Gasteiger partial charge in [0.15, 0.2) is 11.5 Å². The van der Waals surface area contributed by atoms with Crippen LogP contribution < -0.4 is 5.73 Å². The van der Waals surface area contributed by atoms with Crippen molar-refractivity contribution < 1.29 is 4.39 Å². The Morgan fingerprint density at radius 3 is 2.83 bits per heavy atom. The third-order valence-electron chi connectivity index (χ3n) is 2.60. The molecular weight excluding hydrogens is 299 g/mol. The Hall–Kier alpha value is -1.95.